The van der Waals surface area contributed by atoms with E-state index in [2.05, 4.69) is 44.7 Å². The van der Waals surface area contributed by atoms with E-state index in [9.17, 15) is 13.2 Å². The van der Waals surface area contributed by atoms with Gasteiger partial charge in [0.15, 0.2) is 0 Å². The summed E-state index contributed by atoms with van der Waals surface area (Å²) >= 11 is 0. The molecule has 0 bridgehead atoms. The van der Waals surface area contributed by atoms with E-state index in [-0.39, 0.29) is 11.3 Å². The summed E-state index contributed by atoms with van der Waals surface area (Å²) in [7, 11) is 0. The Morgan fingerprint density at radius 3 is 2.56 bits per heavy atom. The fourth-order valence-corrected chi connectivity index (χ4v) is 5.06. The Bertz CT molecular complexity index is 1470. The number of alkyl halides is 3. The maximum absolute atomic E-state index is 13.3. The fourth-order valence-electron chi connectivity index (χ4n) is 5.06. The van der Waals surface area contributed by atoms with Crippen LogP contribution in [0, 0.1) is 12.3 Å². The third kappa shape index (κ3) is 5.53. The van der Waals surface area contributed by atoms with Gasteiger partial charge in [-0.05, 0) is 62.1 Å². The quantitative estimate of drug-likeness (QED) is 0.312. The molecule has 1 N–H and O–H groups in total. The average Bonchev–Trinajstić information content (AvgIpc) is 3.33. The van der Waals surface area contributed by atoms with Crippen LogP contribution in [0.1, 0.15) is 31.7 Å². The summed E-state index contributed by atoms with van der Waals surface area (Å²) < 4.78 is 41.5. The third-order valence-electron chi connectivity index (χ3n) is 7.49. The molecule has 3 heterocycles. The average molecular weight is 533 g/mol. The topological polar surface area (TPSA) is 58.9 Å². The van der Waals surface area contributed by atoms with Crippen LogP contribution < -0.4 is 10.2 Å². The van der Waals surface area contributed by atoms with E-state index >= 15 is 0 Å². The normalized spacial score (nSPS) is 16.7. The molecule has 6 nitrogen and oxygen atoms in total. The Hall–Kier alpha value is -4.14. The highest BCUT2D eigenvalue weighted by atomic mass is 19.4. The van der Waals surface area contributed by atoms with Crippen LogP contribution in [0.2, 0.25) is 0 Å². The van der Waals surface area contributed by atoms with Gasteiger partial charge in [0.25, 0.3) is 0 Å². The summed E-state index contributed by atoms with van der Waals surface area (Å²) in [6.07, 6.45) is 8.33. The highest BCUT2D eigenvalue weighted by Crippen LogP contribution is 2.49. The fraction of sp³-hybridized carbons (Fsp3) is 0.300. The number of hydrogen-bond donors (Lipinski definition) is 1. The molecule has 202 valence electrons. The van der Waals surface area contributed by atoms with Gasteiger partial charge in [-0.25, -0.2) is 4.68 Å². The van der Waals surface area contributed by atoms with Crippen LogP contribution >= 0.6 is 0 Å². The molecular formula is C30H31F3N6. The lowest BCUT2D eigenvalue weighted by Crippen LogP contribution is -2.59. The van der Waals surface area contributed by atoms with Crippen LogP contribution in [-0.2, 0) is 0 Å². The molecule has 1 aromatic carbocycles. The number of pyridine rings is 1. The monoisotopic (exact) mass is 532 g/mol. The minimum Gasteiger partial charge on any atom is -0.369 e. The Morgan fingerprint density at radius 1 is 1.13 bits per heavy atom. The van der Waals surface area contributed by atoms with Crippen molar-refractivity contribution in [2.24, 2.45) is 5.41 Å². The maximum atomic E-state index is 13.3. The zero-order valence-corrected chi connectivity index (χ0v) is 22.1. The lowest BCUT2D eigenvalue weighted by Gasteiger charge is -2.56. The number of aryl methyl sites for hydroxylation is 1. The smallest absolute Gasteiger partial charge is 0.369 e. The van der Waals surface area contributed by atoms with Gasteiger partial charge in [0, 0.05) is 41.6 Å². The summed E-state index contributed by atoms with van der Waals surface area (Å²) in [5.74, 6) is 0. The second-order valence-electron chi connectivity index (χ2n) is 10.4. The minimum absolute atomic E-state index is 0.128. The lowest BCUT2D eigenvalue weighted by atomic mass is 9.63. The number of hydrogen-bond acceptors (Lipinski definition) is 5. The molecule has 0 atom stereocenters. The zero-order valence-electron chi connectivity index (χ0n) is 22.1. The first-order valence-corrected chi connectivity index (χ1v) is 12.9. The molecular weight excluding hydrogens is 501 g/mol. The predicted octanol–water partition coefficient (Wildman–Crippen LogP) is 7.17. The SMILES string of the molecule is C=C(/C=C(\C=C/C)C(F)(F)F)C(=C)Nc1ccc(C)c(-n2cc(-c3cncc(N4CC5(CCC5)C4)c3)nn2)c1. The Kier molecular flexibility index (Phi) is 6.92. The van der Waals surface area contributed by atoms with Crippen molar-refractivity contribution in [3.8, 4) is 16.9 Å². The van der Waals surface area contributed by atoms with Gasteiger partial charge in [-0.15, -0.1) is 5.10 Å². The van der Waals surface area contributed by atoms with Crippen LogP contribution in [0.4, 0.5) is 24.5 Å². The van der Waals surface area contributed by atoms with Gasteiger partial charge in [-0.2, -0.15) is 13.2 Å². The lowest BCUT2D eigenvalue weighted by molar-refractivity contribution is -0.0882. The van der Waals surface area contributed by atoms with Gasteiger partial charge in [0.2, 0.25) is 0 Å². The molecule has 1 spiro atoms. The largest absolute Gasteiger partial charge is 0.416 e. The molecule has 5 rings (SSSR count). The van der Waals surface area contributed by atoms with Crippen molar-refractivity contribution in [3.05, 3.63) is 96.6 Å². The second kappa shape index (κ2) is 10.2. The van der Waals surface area contributed by atoms with Crippen LogP contribution in [-0.4, -0.2) is 39.2 Å². The van der Waals surface area contributed by atoms with Crippen molar-refractivity contribution in [1.29, 1.82) is 0 Å². The molecule has 1 saturated carbocycles. The molecule has 1 aliphatic heterocycles. The Balaban J connectivity index is 1.32. The standard InChI is InChI=1S/C30H31F3N6/c1-5-7-24(30(31,32)33)12-21(3)22(4)35-25-9-8-20(2)28(14-25)39-17-27(36-37-39)23-13-26(16-34-15-23)38-18-29(19-38)10-6-11-29/h5,7-9,12-17,35H,3-4,6,10-11,18-19H2,1-2H3/b7-5-,24-12+. The van der Waals surface area contributed by atoms with Gasteiger partial charge in [-0.3, -0.25) is 4.98 Å². The summed E-state index contributed by atoms with van der Waals surface area (Å²) in [4.78, 5) is 6.81. The number of aromatic nitrogens is 4. The second-order valence-corrected chi connectivity index (χ2v) is 10.4. The van der Waals surface area contributed by atoms with Crippen molar-refractivity contribution in [3.63, 3.8) is 0 Å². The van der Waals surface area contributed by atoms with E-state index in [4.69, 9.17) is 0 Å². The van der Waals surface area contributed by atoms with Gasteiger partial charge in [-0.1, -0.05) is 43.0 Å². The molecule has 1 saturated heterocycles. The van der Waals surface area contributed by atoms with Crippen LogP contribution in [0.5, 0.6) is 0 Å². The van der Waals surface area contributed by atoms with Gasteiger partial charge < -0.3 is 10.2 Å². The van der Waals surface area contributed by atoms with Crippen LogP contribution in [0.3, 0.4) is 0 Å². The Morgan fingerprint density at radius 2 is 1.90 bits per heavy atom. The van der Waals surface area contributed by atoms with Crippen molar-refractivity contribution in [2.75, 3.05) is 23.3 Å². The molecule has 1 aliphatic carbocycles. The van der Waals surface area contributed by atoms with Gasteiger partial charge in [0.1, 0.15) is 5.69 Å². The van der Waals surface area contributed by atoms with Gasteiger partial charge in [0.05, 0.1) is 29.3 Å². The zero-order chi connectivity index (χ0) is 27.8. The molecule has 3 aromatic rings. The molecule has 0 unspecified atom stereocenters. The number of nitrogens with zero attached hydrogens (tertiary/aromatic N) is 5. The molecule has 0 radical (unpaired) electrons. The summed E-state index contributed by atoms with van der Waals surface area (Å²) in [5, 5.41) is 11.8. The van der Waals surface area contributed by atoms with E-state index in [1.165, 1.54) is 32.3 Å². The molecule has 9 heteroatoms. The van der Waals surface area contributed by atoms with Crippen molar-refractivity contribution >= 4 is 11.4 Å². The molecule has 39 heavy (non-hydrogen) atoms. The van der Waals surface area contributed by atoms with Crippen LogP contribution in [0.15, 0.2) is 91.1 Å². The van der Waals surface area contributed by atoms with E-state index in [0.29, 0.717) is 16.8 Å². The summed E-state index contributed by atoms with van der Waals surface area (Å²) in [6, 6.07) is 7.67. The molecule has 0 amide bonds. The van der Waals surface area contributed by atoms with E-state index in [1.807, 2.05) is 37.5 Å². The maximum Gasteiger partial charge on any atom is 0.416 e. The number of rotatable bonds is 8. The first-order chi connectivity index (χ1) is 18.6. The number of halogens is 3. The third-order valence-corrected chi connectivity index (χ3v) is 7.49. The van der Waals surface area contributed by atoms with Crippen molar-refractivity contribution in [1.82, 2.24) is 20.0 Å². The summed E-state index contributed by atoms with van der Waals surface area (Å²) in [6.45, 7) is 13.3. The first-order valence-electron chi connectivity index (χ1n) is 12.9. The molecule has 2 aliphatic rings. The number of anilines is 2. The molecule has 2 fully saturated rings. The number of nitrogens with one attached hydrogen (secondary N) is 1. The first kappa shape index (κ1) is 26.5. The van der Waals surface area contributed by atoms with E-state index in [0.717, 1.165) is 47.7 Å². The number of benzene rings is 1. The predicted molar refractivity (Wildman–Crippen MR) is 149 cm³/mol. The van der Waals surface area contributed by atoms with Crippen LogP contribution in [0.25, 0.3) is 16.9 Å². The van der Waals surface area contributed by atoms with Crippen molar-refractivity contribution < 1.29 is 13.2 Å². The molecule has 2 aromatic heterocycles. The highest BCUT2D eigenvalue weighted by Gasteiger charge is 2.47. The number of allylic oxidation sites excluding steroid dienone is 4. The van der Waals surface area contributed by atoms with E-state index in [1.54, 1.807) is 10.9 Å². The highest BCUT2D eigenvalue weighted by molar-refractivity contribution is 5.65. The summed E-state index contributed by atoms with van der Waals surface area (Å²) in [5.41, 5.74) is 5.16. The van der Waals surface area contributed by atoms with Crippen molar-refractivity contribution in [2.45, 2.75) is 39.3 Å². The van der Waals surface area contributed by atoms with Gasteiger partial charge >= 0.3 is 6.18 Å². The van der Waals surface area contributed by atoms with E-state index < -0.39 is 11.7 Å². The minimum atomic E-state index is -4.49. The Labute approximate surface area is 226 Å².